The Hall–Kier alpha value is -2.31. The van der Waals surface area contributed by atoms with Crippen molar-refractivity contribution in [3.63, 3.8) is 0 Å². The normalized spacial score (nSPS) is 12.1. The van der Waals surface area contributed by atoms with E-state index in [1.165, 1.54) is 12.1 Å². The number of ether oxygens (including phenoxy) is 2. The van der Waals surface area contributed by atoms with Gasteiger partial charge in [0, 0.05) is 0 Å². The molecule has 2 nitrogen and oxygen atoms in total. The van der Waals surface area contributed by atoms with Crippen LogP contribution < -0.4 is 9.47 Å². The minimum atomic E-state index is -4.84. The number of unbranched alkanes of at least 4 members (excludes halogenated alkanes) is 1. The molecule has 25 heavy (non-hydrogen) atoms. The smallest absolute Gasteiger partial charge is 0.429 e. The Morgan fingerprint density at radius 3 is 1.76 bits per heavy atom. The Balaban J connectivity index is 2.04. The fraction of sp³-hybridized carbons (Fsp3) is 0.333. The predicted octanol–water partition coefficient (Wildman–Crippen LogP) is 6.06. The molecule has 0 bridgehead atoms. The van der Waals surface area contributed by atoms with Crippen molar-refractivity contribution in [2.24, 2.45) is 0 Å². The number of aryl methyl sites for hydroxylation is 1. The number of hydrogen-bond acceptors (Lipinski definition) is 2. The van der Waals surface area contributed by atoms with E-state index in [0.717, 1.165) is 49.1 Å². The minimum Gasteiger partial charge on any atom is -0.429 e. The zero-order valence-electron chi connectivity index (χ0n) is 13.4. The zero-order valence-corrected chi connectivity index (χ0v) is 13.4. The van der Waals surface area contributed by atoms with Crippen LogP contribution in [0.4, 0.5) is 22.0 Å². The van der Waals surface area contributed by atoms with Crippen LogP contribution in [0, 0.1) is 0 Å². The van der Waals surface area contributed by atoms with Crippen LogP contribution in [0.3, 0.4) is 0 Å². The highest BCUT2D eigenvalue weighted by molar-refractivity contribution is 5.33. The fourth-order valence-corrected chi connectivity index (χ4v) is 2.16. The molecule has 0 aromatic heterocycles. The van der Waals surface area contributed by atoms with Gasteiger partial charge in [-0.3, -0.25) is 0 Å². The molecular formula is C18H17F5O2. The van der Waals surface area contributed by atoms with E-state index >= 15 is 0 Å². The Labute approximate surface area is 142 Å². The monoisotopic (exact) mass is 360 g/mol. The third-order valence-corrected chi connectivity index (χ3v) is 3.41. The number of rotatable bonds is 7. The molecule has 0 unspecified atom stereocenters. The first-order valence-electron chi connectivity index (χ1n) is 7.71. The van der Waals surface area contributed by atoms with Crippen LogP contribution in [0.25, 0.3) is 0 Å². The number of hydrogen-bond donors (Lipinski definition) is 0. The van der Waals surface area contributed by atoms with E-state index in [9.17, 15) is 22.0 Å². The second-order valence-electron chi connectivity index (χ2n) is 5.44. The summed E-state index contributed by atoms with van der Waals surface area (Å²) in [5, 5.41) is 0. The van der Waals surface area contributed by atoms with E-state index in [1.54, 1.807) is 12.1 Å². The summed E-state index contributed by atoms with van der Waals surface area (Å²) in [5.41, 5.74) is 0.624. The first-order valence-corrected chi connectivity index (χ1v) is 7.71. The highest BCUT2D eigenvalue weighted by atomic mass is 19.4. The average molecular weight is 360 g/mol. The first-order chi connectivity index (χ1) is 11.7. The SMILES string of the molecule is CCCCc1ccc(C(F)(F)Oc2ccc(OC(F)(F)F)cc2)cc1. The summed E-state index contributed by atoms with van der Waals surface area (Å²) in [7, 11) is 0. The molecule has 2 rings (SSSR count). The van der Waals surface area contributed by atoms with Crippen molar-refractivity contribution in [3.05, 3.63) is 59.7 Å². The molecule has 0 atom stereocenters. The molecule has 0 fully saturated rings. The van der Waals surface area contributed by atoms with Crippen molar-refractivity contribution in [2.45, 2.75) is 38.7 Å². The van der Waals surface area contributed by atoms with Gasteiger partial charge in [-0.2, -0.15) is 8.78 Å². The van der Waals surface area contributed by atoms with Gasteiger partial charge in [-0.05, 0) is 54.8 Å². The number of benzene rings is 2. The highest BCUT2D eigenvalue weighted by Gasteiger charge is 2.35. The molecule has 0 amide bonds. The van der Waals surface area contributed by atoms with Gasteiger partial charge >= 0.3 is 12.5 Å². The Bertz CT molecular complexity index is 663. The Kier molecular flexibility index (Phi) is 5.87. The maximum Gasteiger partial charge on any atom is 0.573 e. The summed E-state index contributed by atoms with van der Waals surface area (Å²) >= 11 is 0. The minimum absolute atomic E-state index is 0.269. The third-order valence-electron chi connectivity index (χ3n) is 3.41. The van der Waals surface area contributed by atoms with Crippen LogP contribution in [0.1, 0.15) is 30.9 Å². The van der Waals surface area contributed by atoms with E-state index in [4.69, 9.17) is 0 Å². The van der Waals surface area contributed by atoms with Crippen molar-refractivity contribution < 1.29 is 31.4 Å². The van der Waals surface area contributed by atoms with Crippen molar-refractivity contribution in [1.82, 2.24) is 0 Å². The second kappa shape index (κ2) is 7.72. The molecule has 0 N–H and O–H groups in total. The summed E-state index contributed by atoms with van der Waals surface area (Å²) in [4.78, 5) is 0. The van der Waals surface area contributed by atoms with Crippen LogP contribution >= 0.6 is 0 Å². The molecule has 0 radical (unpaired) electrons. The van der Waals surface area contributed by atoms with Gasteiger partial charge in [0.1, 0.15) is 11.5 Å². The molecule has 0 saturated heterocycles. The van der Waals surface area contributed by atoms with Gasteiger partial charge in [0.05, 0.1) is 5.56 Å². The third kappa shape index (κ3) is 5.92. The Morgan fingerprint density at radius 2 is 1.28 bits per heavy atom. The Morgan fingerprint density at radius 1 is 0.760 bits per heavy atom. The largest absolute Gasteiger partial charge is 0.573 e. The van der Waals surface area contributed by atoms with E-state index in [2.05, 4.69) is 9.47 Å². The van der Waals surface area contributed by atoms with E-state index < -0.39 is 18.2 Å². The van der Waals surface area contributed by atoms with Gasteiger partial charge in [0.15, 0.2) is 0 Å². The lowest BCUT2D eigenvalue weighted by molar-refractivity contribution is -0.274. The van der Waals surface area contributed by atoms with Gasteiger partial charge in [-0.15, -0.1) is 13.2 Å². The van der Waals surface area contributed by atoms with Crippen molar-refractivity contribution in [1.29, 1.82) is 0 Å². The highest BCUT2D eigenvalue weighted by Crippen LogP contribution is 2.33. The van der Waals surface area contributed by atoms with Gasteiger partial charge in [0.25, 0.3) is 0 Å². The summed E-state index contributed by atoms with van der Waals surface area (Å²) in [6.07, 6.45) is -5.65. The van der Waals surface area contributed by atoms with Gasteiger partial charge in [-0.25, -0.2) is 0 Å². The first kappa shape index (κ1) is 19.0. The van der Waals surface area contributed by atoms with E-state index in [1.807, 2.05) is 6.92 Å². The number of halogens is 5. The molecule has 7 heteroatoms. The molecule has 0 aliphatic heterocycles. The van der Waals surface area contributed by atoms with Crippen LogP contribution in [-0.2, 0) is 12.5 Å². The van der Waals surface area contributed by atoms with Crippen LogP contribution in [0.5, 0.6) is 11.5 Å². The maximum absolute atomic E-state index is 14.2. The molecule has 0 aliphatic carbocycles. The molecule has 136 valence electrons. The molecule has 2 aromatic rings. The van der Waals surface area contributed by atoms with E-state index in [0.29, 0.717) is 0 Å². The zero-order chi connectivity index (χ0) is 18.5. The van der Waals surface area contributed by atoms with Crippen LogP contribution in [0.15, 0.2) is 48.5 Å². The average Bonchev–Trinajstić information content (AvgIpc) is 2.53. The van der Waals surface area contributed by atoms with Gasteiger partial charge in [0.2, 0.25) is 0 Å². The summed E-state index contributed by atoms with van der Waals surface area (Å²) in [6.45, 7) is 2.04. The van der Waals surface area contributed by atoms with Crippen LogP contribution in [-0.4, -0.2) is 6.36 Å². The van der Waals surface area contributed by atoms with E-state index in [-0.39, 0.29) is 11.3 Å². The standard InChI is InChI=1S/C18H17F5O2/c1-2-3-4-13-5-7-14(8-6-13)17(19,20)24-15-9-11-16(12-10-15)25-18(21,22)23/h5-12H,2-4H2,1H3. The fourth-order valence-electron chi connectivity index (χ4n) is 2.16. The molecule has 0 saturated carbocycles. The van der Waals surface area contributed by atoms with Gasteiger partial charge in [-0.1, -0.05) is 25.5 Å². The van der Waals surface area contributed by atoms with Crippen LogP contribution in [0.2, 0.25) is 0 Å². The quantitative estimate of drug-likeness (QED) is 0.559. The summed E-state index contributed by atoms with van der Waals surface area (Å²) in [6, 6.07) is 9.60. The molecular weight excluding hydrogens is 343 g/mol. The lowest BCUT2D eigenvalue weighted by atomic mass is 10.1. The molecule has 0 heterocycles. The van der Waals surface area contributed by atoms with Gasteiger partial charge < -0.3 is 9.47 Å². The molecule has 2 aromatic carbocycles. The van der Waals surface area contributed by atoms with Crippen molar-refractivity contribution >= 4 is 0 Å². The topological polar surface area (TPSA) is 18.5 Å². The lowest BCUT2D eigenvalue weighted by Gasteiger charge is -2.19. The molecule has 0 aliphatic rings. The van der Waals surface area contributed by atoms with Crippen molar-refractivity contribution in [2.75, 3.05) is 0 Å². The number of alkyl halides is 5. The molecule has 0 spiro atoms. The lowest BCUT2D eigenvalue weighted by Crippen LogP contribution is -2.22. The predicted molar refractivity (Wildman–Crippen MR) is 82.7 cm³/mol. The van der Waals surface area contributed by atoms with Crippen molar-refractivity contribution in [3.8, 4) is 11.5 Å². The maximum atomic E-state index is 14.2. The summed E-state index contributed by atoms with van der Waals surface area (Å²) < 4.78 is 72.8. The second-order valence-corrected chi connectivity index (χ2v) is 5.44. The summed E-state index contributed by atoms with van der Waals surface area (Å²) in [5.74, 6) is -0.780.